The number of carboxylic acids is 1. The van der Waals surface area contributed by atoms with Gasteiger partial charge in [0.15, 0.2) is 11.5 Å². The van der Waals surface area contributed by atoms with Crippen molar-refractivity contribution >= 4 is 23.3 Å². The van der Waals surface area contributed by atoms with Crippen molar-refractivity contribution in [3.63, 3.8) is 0 Å². The maximum Gasteiger partial charge on any atom is 0.326 e. The largest absolute Gasteiger partial charge is 0.504 e. The smallest absolute Gasteiger partial charge is 0.326 e. The minimum absolute atomic E-state index is 0.00516. The summed E-state index contributed by atoms with van der Waals surface area (Å²) in [5.41, 5.74) is 5.42. The van der Waals surface area contributed by atoms with Gasteiger partial charge < -0.3 is 40.6 Å². The first-order valence-electron chi connectivity index (χ1n) is 13.7. The van der Waals surface area contributed by atoms with E-state index in [0.29, 0.717) is 30.8 Å². The van der Waals surface area contributed by atoms with Crippen LogP contribution in [0.15, 0.2) is 54.9 Å². The Bertz CT molecular complexity index is 1730. The number of anilines is 1. The Balaban J connectivity index is 1.72. The number of halogens is 2. The van der Waals surface area contributed by atoms with Crippen LogP contribution >= 0.6 is 0 Å². The first kappa shape index (κ1) is 32.2. The summed E-state index contributed by atoms with van der Waals surface area (Å²) in [6.45, 7) is 2.00. The molecule has 0 fully saturated rings. The first-order chi connectivity index (χ1) is 21.4. The Morgan fingerprint density at radius 1 is 1.11 bits per heavy atom. The number of amidine groups is 2. The van der Waals surface area contributed by atoms with Crippen LogP contribution in [0.1, 0.15) is 31.7 Å². The molecule has 4 aromatic rings. The highest BCUT2D eigenvalue weighted by Gasteiger charge is 2.28. The standard InChI is InChI=1S/C30H32F2N8O5/c1-16(33)36-11-4-3-8-20(30(42)43)38-25-23(31)28(44-19-7-5-6-18(14-19)27-37-12-13-40(27)2)39-29(24(25)32)45-22-15-17(26(34)35)9-10-21(22)41/h5-7,9-10,12-15,20,41H,3-4,8,11H2,1-2H3,(H2,33,36)(H3,34,35)(H,38,39)(H,42,43). The summed E-state index contributed by atoms with van der Waals surface area (Å²) in [4.78, 5) is 20.2. The second kappa shape index (κ2) is 14.2. The number of hydrogen-bond acceptors (Lipinski definition) is 9. The molecule has 0 aliphatic rings. The number of rotatable bonds is 14. The van der Waals surface area contributed by atoms with E-state index in [1.165, 1.54) is 18.2 Å². The molecule has 236 valence electrons. The zero-order valence-corrected chi connectivity index (χ0v) is 24.4. The number of phenols is 1. The highest BCUT2D eigenvalue weighted by atomic mass is 19.1. The average Bonchev–Trinajstić information content (AvgIpc) is 3.43. The minimum atomic E-state index is -1.42. The molecule has 0 bridgehead atoms. The summed E-state index contributed by atoms with van der Waals surface area (Å²) in [5.74, 6) is -5.87. The van der Waals surface area contributed by atoms with Gasteiger partial charge in [-0.05, 0) is 56.5 Å². The Morgan fingerprint density at radius 2 is 1.84 bits per heavy atom. The number of aliphatic carboxylic acids is 1. The van der Waals surface area contributed by atoms with Crippen LogP contribution in [-0.4, -0.2) is 55.0 Å². The molecular formula is C30H32F2N8O5. The van der Waals surface area contributed by atoms with Gasteiger partial charge in [0.1, 0.15) is 29.1 Å². The molecule has 0 aliphatic heterocycles. The van der Waals surface area contributed by atoms with Gasteiger partial charge in [-0.1, -0.05) is 12.1 Å². The van der Waals surface area contributed by atoms with Gasteiger partial charge in [-0.2, -0.15) is 13.8 Å². The van der Waals surface area contributed by atoms with Crippen molar-refractivity contribution in [2.45, 2.75) is 32.2 Å². The zero-order valence-electron chi connectivity index (χ0n) is 24.4. The van der Waals surface area contributed by atoms with Crippen molar-refractivity contribution in [3.05, 3.63) is 72.1 Å². The van der Waals surface area contributed by atoms with E-state index in [4.69, 9.17) is 26.0 Å². The fourth-order valence-electron chi connectivity index (χ4n) is 4.27. The molecule has 0 aliphatic carbocycles. The van der Waals surface area contributed by atoms with Crippen LogP contribution in [0.5, 0.6) is 29.0 Å². The average molecular weight is 623 g/mol. The van der Waals surface area contributed by atoms with E-state index in [0.717, 1.165) is 6.07 Å². The minimum Gasteiger partial charge on any atom is -0.504 e. The highest BCUT2D eigenvalue weighted by molar-refractivity contribution is 5.95. The van der Waals surface area contributed by atoms with Gasteiger partial charge in [-0.15, -0.1) is 0 Å². The summed E-state index contributed by atoms with van der Waals surface area (Å²) in [7, 11) is 1.79. The third kappa shape index (κ3) is 8.01. The molecule has 0 saturated heterocycles. The molecule has 2 aromatic heterocycles. The molecule has 0 radical (unpaired) electrons. The lowest BCUT2D eigenvalue weighted by molar-refractivity contribution is -0.138. The third-order valence-electron chi connectivity index (χ3n) is 6.55. The molecule has 2 aromatic carbocycles. The monoisotopic (exact) mass is 622 g/mol. The molecule has 1 atom stereocenters. The molecule has 0 spiro atoms. The van der Waals surface area contributed by atoms with E-state index in [1.54, 1.807) is 49.1 Å². The second-order valence-electron chi connectivity index (χ2n) is 10.00. The Hall–Kier alpha value is -5.73. The van der Waals surface area contributed by atoms with Crippen LogP contribution in [0.2, 0.25) is 0 Å². The summed E-state index contributed by atoms with van der Waals surface area (Å²) < 4.78 is 44.8. The van der Waals surface area contributed by atoms with Crippen molar-refractivity contribution in [2.24, 2.45) is 12.8 Å². The number of nitrogens with one attached hydrogen (secondary N) is 4. The van der Waals surface area contributed by atoms with Gasteiger partial charge >= 0.3 is 5.97 Å². The molecule has 8 N–H and O–H groups in total. The number of ether oxygens (including phenoxy) is 2. The Morgan fingerprint density at radius 3 is 2.49 bits per heavy atom. The Kier molecular flexibility index (Phi) is 10.1. The summed E-state index contributed by atoms with van der Waals surface area (Å²) >= 11 is 0. The van der Waals surface area contributed by atoms with Crippen LogP contribution in [0.4, 0.5) is 14.5 Å². The van der Waals surface area contributed by atoms with E-state index in [1.807, 2.05) is 0 Å². The molecule has 45 heavy (non-hydrogen) atoms. The van der Waals surface area contributed by atoms with Crippen molar-refractivity contribution in [1.82, 2.24) is 19.9 Å². The van der Waals surface area contributed by atoms with Crippen LogP contribution in [0.25, 0.3) is 11.4 Å². The van der Waals surface area contributed by atoms with E-state index in [9.17, 15) is 15.0 Å². The molecule has 13 nitrogen and oxygen atoms in total. The quantitative estimate of drug-likeness (QED) is 0.0572. The van der Waals surface area contributed by atoms with E-state index in [-0.39, 0.29) is 35.2 Å². The van der Waals surface area contributed by atoms with Gasteiger partial charge in [0, 0.05) is 37.1 Å². The fraction of sp³-hybridized carbons (Fsp3) is 0.233. The van der Waals surface area contributed by atoms with Crippen LogP contribution in [-0.2, 0) is 11.8 Å². The van der Waals surface area contributed by atoms with Crippen LogP contribution in [0.3, 0.4) is 0 Å². The second-order valence-corrected chi connectivity index (χ2v) is 10.00. The number of aryl methyl sites for hydroxylation is 1. The molecule has 2 heterocycles. The summed E-state index contributed by atoms with van der Waals surface area (Å²) in [5, 5.41) is 40.4. The zero-order chi connectivity index (χ0) is 32.7. The number of unbranched alkanes of at least 4 members (excludes halogenated alkanes) is 1. The van der Waals surface area contributed by atoms with Gasteiger partial charge in [0.25, 0.3) is 11.8 Å². The number of nitrogens with zero attached hydrogens (tertiary/aromatic N) is 3. The number of nitrogens with two attached hydrogens (primary N) is 1. The lowest BCUT2D eigenvalue weighted by Gasteiger charge is -2.19. The van der Waals surface area contributed by atoms with Gasteiger partial charge in [-0.3, -0.25) is 10.8 Å². The lowest BCUT2D eigenvalue weighted by atomic mass is 10.1. The summed E-state index contributed by atoms with van der Waals surface area (Å²) in [6.07, 6.45) is 4.20. The van der Waals surface area contributed by atoms with Crippen molar-refractivity contribution in [3.8, 4) is 40.4 Å². The number of hydrogen-bond donors (Lipinski definition) is 7. The molecule has 0 amide bonds. The number of pyridine rings is 1. The van der Waals surface area contributed by atoms with Crippen molar-refractivity contribution in [2.75, 3.05) is 11.9 Å². The third-order valence-corrected chi connectivity index (χ3v) is 6.55. The molecular weight excluding hydrogens is 590 g/mol. The molecule has 15 heteroatoms. The highest BCUT2D eigenvalue weighted by Crippen LogP contribution is 2.39. The predicted molar refractivity (Wildman–Crippen MR) is 162 cm³/mol. The maximum absolute atomic E-state index is 15.9. The van der Waals surface area contributed by atoms with E-state index >= 15 is 8.78 Å². The maximum atomic E-state index is 15.9. The molecule has 4 rings (SSSR count). The number of benzene rings is 2. The van der Waals surface area contributed by atoms with Crippen LogP contribution < -0.4 is 25.8 Å². The van der Waals surface area contributed by atoms with Gasteiger partial charge in [0.2, 0.25) is 11.6 Å². The normalized spacial score (nSPS) is 11.5. The number of phenolic OH excluding ortho intramolecular Hbond substituents is 1. The number of imidazole rings is 1. The summed E-state index contributed by atoms with van der Waals surface area (Å²) in [6, 6.07) is 8.72. The van der Waals surface area contributed by atoms with E-state index in [2.05, 4.69) is 20.6 Å². The predicted octanol–water partition coefficient (Wildman–Crippen LogP) is 4.96. The number of carboxylic acid groups (broad SMARTS) is 1. The number of aromatic hydroxyl groups is 1. The number of carbonyl (C=O) groups is 1. The molecule has 1 unspecified atom stereocenters. The fourth-order valence-corrected chi connectivity index (χ4v) is 4.27. The number of aromatic nitrogens is 3. The van der Waals surface area contributed by atoms with Crippen LogP contribution in [0, 0.1) is 22.5 Å². The van der Waals surface area contributed by atoms with Crippen molar-refractivity contribution < 1.29 is 33.3 Å². The Labute approximate surface area is 256 Å². The van der Waals surface area contributed by atoms with Gasteiger partial charge in [-0.25, -0.2) is 9.78 Å². The molecule has 0 saturated carbocycles. The first-order valence-corrected chi connectivity index (χ1v) is 13.7. The van der Waals surface area contributed by atoms with Crippen molar-refractivity contribution in [1.29, 1.82) is 10.8 Å². The van der Waals surface area contributed by atoms with Gasteiger partial charge in [0.05, 0.1) is 5.84 Å². The SMILES string of the molecule is CC(=N)NCCCCC(Nc1c(F)c(Oc2cccc(-c3nccn3C)c2)nc(Oc2cc(C(=N)N)ccc2O)c1F)C(=O)O. The number of nitrogen functional groups attached to an aromatic ring is 1. The topological polar surface area (TPSA) is 204 Å². The van der Waals surface area contributed by atoms with E-state index < -0.39 is 46.8 Å². The lowest BCUT2D eigenvalue weighted by Crippen LogP contribution is -2.30.